The summed E-state index contributed by atoms with van der Waals surface area (Å²) in [7, 11) is 0. The Hall–Kier alpha value is -3.21. The molecule has 134 valence electrons. The molecular weight excluding hydrogens is 336 g/mol. The number of amides is 2. The van der Waals surface area contributed by atoms with Crippen LogP contribution in [0.3, 0.4) is 0 Å². The highest BCUT2D eigenvalue weighted by Crippen LogP contribution is 2.52. The van der Waals surface area contributed by atoms with Crippen molar-refractivity contribution in [1.82, 2.24) is 14.9 Å². The molecule has 1 N–H and O–H groups in total. The summed E-state index contributed by atoms with van der Waals surface area (Å²) in [6.45, 7) is 2.06. The molecule has 2 amide bonds. The Morgan fingerprint density at radius 1 is 1.07 bits per heavy atom. The fraction of sp³-hybridized carbons (Fsp3) is 0.227. The van der Waals surface area contributed by atoms with E-state index >= 15 is 0 Å². The molecule has 1 saturated heterocycles. The molecule has 4 heterocycles. The number of carbonyl (C=O) groups excluding carboxylic acids is 1. The lowest BCUT2D eigenvalue weighted by atomic mass is 9.94. The maximum Gasteiger partial charge on any atom is 0.322 e. The third-order valence-electron chi connectivity index (χ3n) is 5.65. The van der Waals surface area contributed by atoms with Crippen molar-refractivity contribution in [2.75, 3.05) is 5.32 Å². The maximum absolute atomic E-state index is 13.1. The minimum absolute atomic E-state index is 0.0467. The lowest BCUT2D eigenvalue weighted by molar-refractivity contribution is 0.197. The average Bonchev–Trinajstić information content (AvgIpc) is 3.28. The van der Waals surface area contributed by atoms with Crippen LogP contribution in [0.2, 0.25) is 0 Å². The van der Waals surface area contributed by atoms with Gasteiger partial charge >= 0.3 is 6.03 Å². The maximum atomic E-state index is 13.1. The van der Waals surface area contributed by atoms with Crippen LogP contribution in [-0.4, -0.2) is 20.9 Å². The van der Waals surface area contributed by atoms with Crippen molar-refractivity contribution in [3.05, 3.63) is 77.7 Å². The molecule has 2 aliphatic heterocycles. The molecule has 2 atom stereocenters. The van der Waals surface area contributed by atoms with Crippen LogP contribution in [0.5, 0.6) is 0 Å². The number of hydrogen-bond acceptors (Lipinski definition) is 3. The highest BCUT2D eigenvalue weighted by Gasteiger charge is 2.46. The van der Waals surface area contributed by atoms with E-state index in [1.165, 1.54) is 11.1 Å². The molecule has 27 heavy (non-hydrogen) atoms. The number of aromatic nitrogens is 2. The molecule has 1 aromatic carbocycles. The van der Waals surface area contributed by atoms with E-state index < -0.39 is 0 Å². The summed E-state index contributed by atoms with van der Waals surface area (Å²) in [5, 5.41) is 3.10. The summed E-state index contributed by atoms with van der Waals surface area (Å²) < 4.78 is 0. The van der Waals surface area contributed by atoms with E-state index in [0.717, 1.165) is 35.3 Å². The lowest BCUT2D eigenvalue weighted by Gasteiger charge is -2.23. The normalized spacial score (nSPS) is 19.8. The van der Waals surface area contributed by atoms with Gasteiger partial charge in [0.25, 0.3) is 0 Å². The van der Waals surface area contributed by atoms with Crippen LogP contribution in [0.1, 0.15) is 41.6 Å². The summed E-state index contributed by atoms with van der Waals surface area (Å²) >= 11 is 0. The van der Waals surface area contributed by atoms with Crippen molar-refractivity contribution in [2.45, 2.75) is 31.8 Å². The third kappa shape index (κ3) is 2.58. The van der Waals surface area contributed by atoms with Gasteiger partial charge in [-0.25, -0.2) is 4.79 Å². The number of urea groups is 1. The first-order valence-corrected chi connectivity index (χ1v) is 9.27. The largest absolute Gasteiger partial charge is 0.322 e. The monoisotopic (exact) mass is 356 g/mol. The second-order valence-corrected chi connectivity index (χ2v) is 7.20. The van der Waals surface area contributed by atoms with E-state index in [1.54, 1.807) is 6.20 Å². The van der Waals surface area contributed by atoms with E-state index in [9.17, 15) is 4.79 Å². The molecule has 2 aliphatic rings. The van der Waals surface area contributed by atoms with Crippen LogP contribution in [-0.2, 0) is 0 Å². The number of aryl methyl sites for hydroxylation is 1. The van der Waals surface area contributed by atoms with Gasteiger partial charge in [-0.1, -0.05) is 12.1 Å². The summed E-state index contributed by atoms with van der Waals surface area (Å²) in [6, 6.07) is 14.1. The fourth-order valence-corrected chi connectivity index (χ4v) is 4.39. The number of hydrogen-bond donors (Lipinski definition) is 1. The minimum atomic E-state index is -0.0467. The van der Waals surface area contributed by atoms with Crippen molar-refractivity contribution in [2.24, 2.45) is 0 Å². The van der Waals surface area contributed by atoms with Crippen LogP contribution >= 0.6 is 0 Å². The van der Waals surface area contributed by atoms with E-state index in [0.29, 0.717) is 0 Å². The van der Waals surface area contributed by atoms with Gasteiger partial charge in [0.1, 0.15) is 0 Å². The van der Waals surface area contributed by atoms with E-state index in [1.807, 2.05) is 59.8 Å². The van der Waals surface area contributed by atoms with E-state index in [-0.39, 0.29) is 18.1 Å². The molecule has 5 rings (SSSR count). The zero-order valence-electron chi connectivity index (χ0n) is 15.1. The average molecular weight is 356 g/mol. The first-order valence-electron chi connectivity index (χ1n) is 9.27. The van der Waals surface area contributed by atoms with Crippen LogP contribution < -0.4 is 5.32 Å². The molecule has 2 aromatic heterocycles. The van der Waals surface area contributed by atoms with Gasteiger partial charge < -0.3 is 10.2 Å². The molecule has 0 saturated carbocycles. The Bertz CT molecular complexity index is 987. The van der Waals surface area contributed by atoms with Crippen LogP contribution in [0.15, 0.2) is 61.1 Å². The van der Waals surface area contributed by atoms with Crippen molar-refractivity contribution in [3.63, 3.8) is 0 Å². The Kier molecular flexibility index (Phi) is 3.67. The van der Waals surface area contributed by atoms with Gasteiger partial charge in [0.05, 0.1) is 17.8 Å². The predicted molar refractivity (Wildman–Crippen MR) is 104 cm³/mol. The summed E-state index contributed by atoms with van der Waals surface area (Å²) in [6.07, 6.45) is 7.53. The number of fused-ring (bicyclic) bond motifs is 5. The van der Waals surface area contributed by atoms with Gasteiger partial charge in [-0.2, -0.15) is 0 Å². The quantitative estimate of drug-likeness (QED) is 0.712. The second-order valence-electron chi connectivity index (χ2n) is 7.20. The van der Waals surface area contributed by atoms with E-state index in [2.05, 4.69) is 22.2 Å². The molecule has 2 bridgehead atoms. The molecule has 0 spiro atoms. The Balaban J connectivity index is 1.41. The molecule has 5 nitrogen and oxygen atoms in total. The van der Waals surface area contributed by atoms with Crippen LogP contribution in [0.25, 0.3) is 11.3 Å². The first-order chi connectivity index (χ1) is 13.2. The first kappa shape index (κ1) is 16.0. The fourth-order valence-electron chi connectivity index (χ4n) is 4.39. The van der Waals surface area contributed by atoms with Crippen molar-refractivity contribution in [1.29, 1.82) is 0 Å². The number of rotatable bonds is 2. The Morgan fingerprint density at radius 3 is 2.70 bits per heavy atom. The number of anilines is 1. The molecule has 2 unspecified atom stereocenters. The van der Waals surface area contributed by atoms with Gasteiger partial charge in [-0.05, 0) is 66.8 Å². The van der Waals surface area contributed by atoms with E-state index in [4.69, 9.17) is 0 Å². The lowest BCUT2D eigenvalue weighted by Crippen LogP contribution is -2.32. The summed E-state index contributed by atoms with van der Waals surface area (Å²) in [4.78, 5) is 23.7. The molecule has 3 aromatic rings. The molecule has 1 fully saturated rings. The Morgan fingerprint density at radius 2 is 1.93 bits per heavy atom. The topological polar surface area (TPSA) is 58.1 Å². The van der Waals surface area contributed by atoms with Crippen LogP contribution in [0, 0.1) is 6.92 Å². The number of benzene rings is 1. The van der Waals surface area contributed by atoms with Crippen molar-refractivity contribution < 1.29 is 4.79 Å². The molecule has 0 radical (unpaired) electrons. The highest BCUT2D eigenvalue weighted by molar-refractivity contribution is 5.91. The van der Waals surface area contributed by atoms with Gasteiger partial charge in [-0.3, -0.25) is 9.97 Å². The van der Waals surface area contributed by atoms with Gasteiger partial charge in [0, 0.05) is 29.8 Å². The number of carbonyl (C=O) groups is 1. The number of pyridine rings is 2. The smallest absolute Gasteiger partial charge is 0.310 e. The van der Waals surface area contributed by atoms with Crippen molar-refractivity contribution >= 4 is 11.7 Å². The second kappa shape index (κ2) is 6.20. The SMILES string of the molecule is Cc1ccc(NC(=O)N2C3CCC2c2cnccc23)cc1-c1ccccn1. The van der Waals surface area contributed by atoms with Gasteiger partial charge in [0.2, 0.25) is 0 Å². The zero-order chi connectivity index (χ0) is 18.4. The highest BCUT2D eigenvalue weighted by atomic mass is 16.2. The number of nitrogens with zero attached hydrogens (tertiary/aromatic N) is 3. The molecule has 5 heteroatoms. The van der Waals surface area contributed by atoms with Gasteiger partial charge in [0.15, 0.2) is 0 Å². The third-order valence-corrected chi connectivity index (χ3v) is 5.65. The Labute approximate surface area is 158 Å². The molecular formula is C22H20N4O. The number of nitrogens with one attached hydrogen (secondary N) is 1. The molecule has 0 aliphatic carbocycles. The standard InChI is InChI=1S/C22H20N4O/c1-14-5-6-15(12-17(14)19-4-2-3-10-24-19)25-22(27)26-20-7-8-21(26)18-13-23-11-9-16(18)20/h2-6,9-13,20-21H,7-8H2,1H3,(H,25,27). The van der Waals surface area contributed by atoms with Gasteiger partial charge in [-0.15, -0.1) is 0 Å². The predicted octanol–water partition coefficient (Wildman–Crippen LogP) is 4.88. The zero-order valence-corrected chi connectivity index (χ0v) is 15.1. The summed E-state index contributed by atoms with van der Waals surface area (Å²) in [5.74, 6) is 0. The van der Waals surface area contributed by atoms with Crippen LogP contribution in [0.4, 0.5) is 10.5 Å². The van der Waals surface area contributed by atoms with Crippen molar-refractivity contribution in [3.8, 4) is 11.3 Å². The summed E-state index contributed by atoms with van der Waals surface area (Å²) in [5.41, 5.74) is 6.30. The minimum Gasteiger partial charge on any atom is -0.310 e.